The van der Waals surface area contributed by atoms with Gasteiger partial charge in [0.1, 0.15) is 0 Å². The predicted molar refractivity (Wildman–Crippen MR) is 137 cm³/mol. The quantitative estimate of drug-likeness (QED) is 0.435. The van der Waals surface area contributed by atoms with Crippen molar-refractivity contribution in [2.45, 2.75) is 52.1 Å². The minimum absolute atomic E-state index is 0.0279. The van der Waals surface area contributed by atoms with Crippen LogP contribution in [0.4, 0.5) is 0 Å². The van der Waals surface area contributed by atoms with Crippen LogP contribution in [0, 0.1) is 19.8 Å². The van der Waals surface area contributed by atoms with Crippen LogP contribution in [0.25, 0.3) is 16.7 Å². The Bertz CT molecular complexity index is 1450. The standard InChI is InChI=1S/C27H28ClN5O2/c1-17-14-29-12-11-23(17)33-25-6-4-3-5-24(25)32(27(33)35)16-19-7-9-21(10-8-19)31-26(34)22-13-20(28)15-30-18(22)2/h3-6,11-15,19,21H,7-10,16H2,1-2H3,(H,31,34)/t19-,21-. The number of pyridine rings is 2. The lowest BCUT2D eigenvalue weighted by molar-refractivity contribution is 0.0919. The molecule has 3 aromatic heterocycles. The summed E-state index contributed by atoms with van der Waals surface area (Å²) in [7, 11) is 0. The van der Waals surface area contributed by atoms with Crippen LogP contribution in [0.1, 0.15) is 47.3 Å². The Labute approximate surface area is 208 Å². The van der Waals surface area contributed by atoms with Gasteiger partial charge in [-0.25, -0.2) is 4.79 Å². The summed E-state index contributed by atoms with van der Waals surface area (Å²) >= 11 is 6.03. The molecule has 0 unspecified atom stereocenters. The van der Waals surface area contributed by atoms with E-state index in [1.165, 1.54) is 0 Å². The fourth-order valence-corrected chi connectivity index (χ4v) is 5.24. The smallest absolute Gasteiger partial charge is 0.333 e. The molecule has 0 saturated heterocycles. The van der Waals surface area contributed by atoms with Gasteiger partial charge in [0.15, 0.2) is 0 Å². The van der Waals surface area contributed by atoms with Crippen LogP contribution >= 0.6 is 11.6 Å². The summed E-state index contributed by atoms with van der Waals surface area (Å²) in [6, 6.07) is 11.6. The van der Waals surface area contributed by atoms with E-state index in [4.69, 9.17) is 11.6 Å². The van der Waals surface area contributed by atoms with Crippen molar-refractivity contribution in [3.63, 3.8) is 0 Å². The van der Waals surface area contributed by atoms with Gasteiger partial charge in [0, 0.05) is 31.2 Å². The first-order chi connectivity index (χ1) is 16.9. The number of fused-ring (bicyclic) bond motifs is 1. The predicted octanol–water partition coefficient (Wildman–Crippen LogP) is 4.84. The number of hydrogen-bond acceptors (Lipinski definition) is 4. The number of halogens is 1. The molecule has 1 amide bonds. The number of rotatable bonds is 5. The zero-order valence-electron chi connectivity index (χ0n) is 19.9. The maximum atomic E-state index is 13.6. The van der Waals surface area contributed by atoms with E-state index in [0.29, 0.717) is 28.7 Å². The third kappa shape index (κ3) is 4.60. The van der Waals surface area contributed by atoms with Crippen molar-refractivity contribution in [1.29, 1.82) is 0 Å². The van der Waals surface area contributed by atoms with Gasteiger partial charge in [-0.1, -0.05) is 23.7 Å². The molecule has 8 heteroatoms. The fraction of sp³-hybridized carbons (Fsp3) is 0.333. The first kappa shape index (κ1) is 23.3. The molecule has 4 aromatic rings. The Morgan fingerprint density at radius 1 is 1.09 bits per heavy atom. The Hall–Kier alpha value is -3.45. The van der Waals surface area contributed by atoms with Gasteiger partial charge < -0.3 is 5.32 Å². The van der Waals surface area contributed by atoms with E-state index in [2.05, 4.69) is 15.3 Å². The fourth-order valence-electron chi connectivity index (χ4n) is 5.08. The number of imidazole rings is 1. The molecule has 0 bridgehead atoms. The molecule has 0 radical (unpaired) electrons. The Kier molecular flexibility index (Phi) is 6.43. The van der Waals surface area contributed by atoms with Gasteiger partial charge in [0.2, 0.25) is 0 Å². The van der Waals surface area contributed by atoms with Crippen molar-refractivity contribution in [1.82, 2.24) is 24.4 Å². The molecule has 1 aromatic carbocycles. The molecule has 1 fully saturated rings. The Morgan fingerprint density at radius 3 is 2.57 bits per heavy atom. The van der Waals surface area contributed by atoms with E-state index < -0.39 is 0 Å². The van der Waals surface area contributed by atoms with Gasteiger partial charge >= 0.3 is 5.69 Å². The second kappa shape index (κ2) is 9.66. The van der Waals surface area contributed by atoms with Crippen molar-refractivity contribution in [2.24, 2.45) is 5.92 Å². The number of hydrogen-bond donors (Lipinski definition) is 1. The lowest BCUT2D eigenvalue weighted by atomic mass is 9.85. The Morgan fingerprint density at radius 2 is 1.83 bits per heavy atom. The molecule has 3 heterocycles. The first-order valence-electron chi connectivity index (χ1n) is 12.0. The van der Waals surface area contributed by atoms with E-state index in [0.717, 1.165) is 48.0 Å². The van der Waals surface area contributed by atoms with Gasteiger partial charge in [0.25, 0.3) is 5.91 Å². The van der Waals surface area contributed by atoms with E-state index in [9.17, 15) is 9.59 Å². The number of benzene rings is 1. The van der Waals surface area contributed by atoms with Crippen LogP contribution in [0.3, 0.4) is 0 Å². The van der Waals surface area contributed by atoms with Crippen LogP contribution in [0.15, 0.2) is 59.8 Å². The van der Waals surface area contributed by atoms with Gasteiger partial charge in [-0.05, 0) is 75.3 Å². The number of para-hydroxylation sites is 2. The van der Waals surface area contributed by atoms with E-state index in [-0.39, 0.29) is 17.6 Å². The summed E-state index contributed by atoms with van der Waals surface area (Å²) in [5.41, 5.74) is 4.81. The third-order valence-electron chi connectivity index (χ3n) is 6.99. The number of nitrogens with zero attached hydrogens (tertiary/aromatic N) is 4. The van der Waals surface area contributed by atoms with Gasteiger partial charge in [-0.3, -0.25) is 23.9 Å². The summed E-state index contributed by atoms with van der Waals surface area (Å²) in [6.45, 7) is 4.44. The Balaban J connectivity index is 1.31. The normalized spacial score (nSPS) is 18.0. The van der Waals surface area contributed by atoms with Crippen LogP contribution in [0.2, 0.25) is 5.02 Å². The number of aryl methyl sites for hydroxylation is 2. The largest absolute Gasteiger partial charge is 0.349 e. The molecule has 1 aliphatic carbocycles. The van der Waals surface area contributed by atoms with Crippen LogP contribution in [-0.2, 0) is 6.54 Å². The molecule has 35 heavy (non-hydrogen) atoms. The molecule has 1 N–H and O–H groups in total. The number of carbonyl (C=O) groups is 1. The topological polar surface area (TPSA) is 81.8 Å². The van der Waals surface area contributed by atoms with Gasteiger partial charge in [-0.2, -0.15) is 0 Å². The summed E-state index contributed by atoms with van der Waals surface area (Å²) in [5.74, 6) is 0.237. The number of amides is 1. The van der Waals surface area contributed by atoms with Crippen molar-refractivity contribution in [3.05, 3.63) is 87.3 Å². The lowest BCUT2D eigenvalue weighted by Crippen LogP contribution is -2.39. The van der Waals surface area contributed by atoms with Crippen molar-refractivity contribution in [3.8, 4) is 5.69 Å². The van der Waals surface area contributed by atoms with Crippen molar-refractivity contribution < 1.29 is 4.79 Å². The summed E-state index contributed by atoms with van der Waals surface area (Å²) in [4.78, 5) is 34.7. The minimum atomic E-state index is -0.132. The van der Waals surface area contributed by atoms with Crippen molar-refractivity contribution in [2.75, 3.05) is 0 Å². The van der Waals surface area contributed by atoms with Gasteiger partial charge in [0.05, 0.1) is 33.0 Å². The average Bonchev–Trinajstić information content (AvgIpc) is 3.13. The molecule has 1 aliphatic rings. The SMILES string of the molecule is Cc1cnccc1-n1c(=O)n(C[C@H]2CC[C@H](NC(=O)c3cc(Cl)cnc3C)CC2)c2ccccc21. The maximum Gasteiger partial charge on any atom is 0.333 e. The van der Waals surface area contributed by atoms with Crippen molar-refractivity contribution >= 4 is 28.5 Å². The molecule has 1 saturated carbocycles. The lowest BCUT2D eigenvalue weighted by Gasteiger charge is -2.29. The highest BCUT2D eigenvalue weighted by Crippen LogP contribution is 2.28. The molecule has 7 nitrogen and oxygen atoms in total. The molecule has 180 valence electrons. The highest BCUT2D eigenvalue weighted by atomic mass is 35.5. The van der Waals surface area contributed by atoms with Crippen LogP contribution < -0.4 is 11.0 Å². The van der Waals surface area contributed by atoms with Crippen LogP contribution in [0.5, 0.6) is 0 Å². The highest BCUT2D eigenvalue weighted by Gasteiger charge is 2.26. The molecular weight excluding hydrogens is 462 g/mol. The van der Waals surface area contributed by atoms with E-state index >= 15 is 0 Å². The number of aromatic nitrogens is 4. The average molecular weight is 490 g/mol. The second-order valence-electron chi connectivity index (χ2n) is 9.36. The highest BCUT2D eigenvalue weighted by molar-refractivity contribution is 6.30. The van der Waals surface area contributed by atoms with Gasteiger partial charge in [-0.15, -0.1) is 0 Å². The zero-order valence-corrected chi connectivity index (χ0v) is 20.6. The molecule has 0 aliphatic heterocycles. The maximum absolute atomic E-state index is 13.6. The monoisotopic (exact) mass is 489 g/mol. The molecule has 0 atom stereocenters. The summed E-state index contributed by atoms with van der Waals surface area (Å²) < 4.78 is 3.69. The molecule has 5 rings (SSSR count). The van der Waals surface area contributed by atoms with E-state index in [1.54, 1.807) is 29.2 Å². The van der Waals surface area contributed by atoms with E-state index in [1.807, 2.05) is 48.7 Å². The summed E-state index contributed by atoms with van der Waals surface area (Å²) in [5, 5.41) is 3.60. The first-order valence-corrected chi connectivity index (χ1v) is 12.3. The molecular formula is C27H28ClN5O2. The second-order valence-corrected chi connectivity index (χ2v) is 9.79. The minimum Gasteiger partial charge on any atom is -0.349 e. The third-order valence-corrected chi connectivity index (χ3v) is 7.19. The molecule has 0 spiro atoms. The number of nitrogens with one attached hydrogen (secondary N) is 1. The van der Waals surface area contributed by atoms with Crippen LogP contribution in [-0.4, -0.2) is 31.1 Å². The summed E-state index contributed by atoms with van der Waals surface area (Å²) in [6.07, 6.45) is 8.69. The zero-order chi connectivity index (χ0) is 24.5. The number of carbonyl (C=O) groups excluding carboxylic acids is 1.